The predicted molar refractivity (Wildman–Crippen MR) is 64.2 cm³/mol. The van der Waals surface area contributed by atoms with Gasteiger partial charge in [0.05, 0.1) is 5.69 Å². The van der Waals surface area contributed by atoms with Crippen LogP contribution >= 0.6 is 0 Å². The second kappa shape index (κ2) is 2.78. The van der Waals surface area contributed by atoms with Crippen molar-refractivity contribution in [1.29, 1.82) is 0 Å². The number of hydrogen-bond donors (Lipinski definition) is 2. The Morgan fingerprint density at radius 2 is 2.06 bits per heavy atom. The summed E-state index contributed by atoms with van der Waals surface area (Å²) < 4.78 is 0. The van der Waals surface area contributed by atoms with Gasteiger partial charge < -0.3 is 16.4 Å². The molecule has 3 aliphatic rings. The maximum Gasteiger partial charge on any atom is 0.222 e. The molecule has 1 aromatic rings. The standard InChI is InChI=1S/C11H17N5/c1-11(2)5-16-4-3-6(11)7-8(16)9(12)15-10(13)14-7/h6H,3-5H2,1-2H3,(H4,12,13,14,15). The Bertz CT molecular complexity index is 454. The van der Waals surface area contributed by atoms with Gasteiger partial charge in [-0.05, 0) is 11.8 Å². The molecule has 2 bridgehead atoms. The number of fused-ring (bicyclic) bond motifs is 2. The fraction of sp³-hybridized carbons (Fsp3) is 0.636. The molecule has 4 heterocycles. The molecule has 4 N–H and O–H groups in total. The summed E-state index contributed by atoms with van der Waals surface area (Å²) in [5, 5.41) is 0. The largest absolute Gasteiger partial charge is 0.382 e. The van der Waals surface area contributed by atoms with E-state index in [9.17, 15) is 0 Å². The molecule has 1 aromatic heterocycles. The van der Waals surface area contributed by atoms with Crippen LogP contribution in [0.25, 0.3) is 0 Å². The van der Waals surface area contributed by atoms with E-state index in [0.717, 1.165) is 30.9 Å². The first-order valence-corrected chi connectivity index (χ1v) is 5.67. The summed E-state index contributed by atoms with van der Waals surface area (Å²) in [6.07, 6.45) is 1.13. The van der Waals surface area contributed by atoms with Gasteiger partial charge >= 0.3 is 0 Å². The fourth-order valence-corrected chi connectivity index (χ4v) is 3.13. The molecule has 1 fully saturated rings. The first kappa shape index (κ1) is 9.69. The molecule has 86 valence electrons. The van der Waals surface area contributed by atoms with Gasteiger partial charge in [0.25, 0.3) is 0 Å². The van der Waals surface area contributed by atoms with Crippen LogP contribution in [0.1, 0.15) is 31.9 Å². The van der Waals surface area contributed by atoms with E-state index in [0.29, 0.717) is 17.7 Å². The van der Waals surface area contributed by atoms with Gasteiger partial charge in [-0.15, -0.1) is 0 Å². The monoisotopic (exact) mass is 219 g/mol. The molecule has 0 aromatic carbocycles. The molecule has 0 radical (unpaired) electrons. The van der Waals surface area contributed by atoms with Gasteiger partial charge in [-0.3, -0.25) is 0 Å². The molecule has 0 aliphatic carbocycles. The van der Waals surface area contributed by atoms with Crippen LogP contribution in [0.2, 0.25) is 0 Å². The molecule has 0 spiro atoms. The first-order valence-electron chi connectivity index (χ1n) is 5.67. The topological polar surface area (TPSA) is 81.1 Å². The van der Waals surface area contributed by atoms with E-state index < -0.39 is 0 Å². The number of nitrogens with two attached hydrogens (primary N) is 2. The van der Waals surface area contributed by atoms with Crippen molar-refractivity contribution in [1.82, 2.24) is 9.97 Å². The zero-order valence-corrected chi connectivity index (χ0v) is 9.70. The summed E-state index contributed by atoms with van der Waals surface area (Å²) in [6, 6.07) is 0. The molecule has 16 heavy (non-hydrogen) atoms. The maximum absolute atomic E-state index is 5.94. The highest BCUT2D eigenvalue weighted by Crippen LogP contribution is 2.51. The van der Waals surface area contributed by atoms with E-state index >= 15 is 0 Å². The molecule has 0 amide bonds. The second-order valence-corrected chi connectivity index (χ2v) is 5.45. The van der Waals surface area contributed by atoms with Crippen molar-refractivity contribution >= 4 is 17.5 Å². The van der Waals surface area contributed by atoms with Gasteiger partial charge in [-0.2, -0.15) is 4.98 Å². The van der Waals surface area contributed by atoms with Crippen LogP contribution in [0.4, 0.5) is 17.5 Å². The third kappa shape index (κ3) is 1.11. The van der Waals surface area contributed by atoms with Crippen molar-refractivity contribution in [2.24, 2.45) is 5.41 Å². The average Bonchev–Trinajstić information content (AvgIpc) is 2.14. The van der Waals surface area contributed by atoms with Gasteiger partial charge in [0, 0.05) is 19.0 Å². The van der Waals surface area contributed by atoms with Crippen LogP contribution in [0.5, 0.6) is 0 Å². The molecular formula is C11H17N5. The minimum absolute atomic E-state index is 0.248. The molecule has 5 heteroatoms. The lowest BCUT2D eigenvalue weighted by Gasteiger charge is -2.51. The lowest BCUT2D eigenvalue weighted by atomic mass is 9.68. The highest BCUT2D eigenvalue weighted by Gasteiger charge is 2.45. The van der Waals surface area contributed by atoms with Crippen molar-refractivity contribution in [3.63, 3.8) is 0 Å². The van der Waals surface area contributed by atoms with Gasteiger partial charge in [-0.25, -0.2) is 4.98 Å². The van der Waals surface area contributed by atoms with Crippen LogP contribution in [0.3, 0.4) is 0 Å². The van der Waals surface area contributed by atoms with Crippen molar-refractivity contribution in [3.8, 4) is 0 Å². The SMILES string of the molecule is CC1(C)CN2CCC1c1nc(N)nc(N)c12. The highest BCUT2D eigenvalue weighted by molar-refractivity contribution is 5.71. The summed E-state index contributed by atoms with van der Waals surface area (Å²) in [7, 11) is 0. The molecule has 0 saturated carbocycles. The van der Waals surface area contributed by atoms with Crippen LogP contribution in [-0.2, 0) is 0 Å². The molecule has 1 atom stereocenters. The predicted octanol–water partition coefficient (Wildman–Crippen LogP) is 0.975. The number of anilines is 3. The maximum atomic E-state index is 5.94. The smallest absolute Gasteiger partial charge is 0.222 e. The minimum Gasteiger partial charge on any atom is -0.382 e. The third-order valence-corrected chi connectivity index (χ3v) is 3.83. The minimum atomic E-state index is 0.248. The van der Waals surface area contributed by atoms with E-state index in [4.69, 9.17) is 11.5 Å². The van der Waals surface area contributed by atoms with Crippen LogP contribution in [-0.4, -0.2) is 23.1 Å². The van der Waals surface area contributed by atoms with E-state index in [1.165, 1.54) is 0 Å². The van der Waals surface area contributed by atoms with Crippen LogP contribution < -0.4 is 16.4 Å². The van der Waals surface area contributed by atoms with Crippen molar-refractivity contribution in [2.75, 3.05) is 29.5 Å². The number of aromatic nitrogens is 2. The van der Waals surface area contributed by atoms with E-state index in [-0.39, 0.29) is 5.41 Å². The Hall–Kier alpha value is -1.52. The molecular weight excluding hydrogens is 202 g/mol. The van der Waals surface area contributed by atoms with E-state index in [1.54, 1.807) is 0 Å². The highest BCUT2D eigenvalue weighted by atomic mass is 15.2. The Morgan fingerprint density at radius 3 is 2.75 bits per heavy atom. The van der Waals surface area contributed by atoms with Gasteiger partial charge in [0.2, 0.25) is 5.95 Å². The number of nitrogen functional groups attached to an aromatic ring is 2. The number of hydrogen-bond acceptors (Lipinski definition) is 5. The Morgan fingerprint density at radius 1 is 1.31 bits per heavy atom. The van der Waals surface area contributed by atoms with Crippen LogP contribution in [0, 0.1) is 5.41 Å². The number of rotatable bonds is 0. The second-order valence-electron chi connectivity index (χ2n) is 5.45. The zero-order chi connectivity index (χ0) is 11.5. The van der Waals surface area contributed by atoms with Gasteiger partial charge in [0.15, 0.2) is 5.82 Å². The van der Waals surface area contributed by atoms with E-state index in [1.807, 2.05) is 0 Å². The normalized spacial score (nSPS) is 25.6. The lowest BCUT2D eigenvalue weighted by molar-refractivity contribution is 0.222. The molecule has 4 rings (SSSR count). The number of piperidine rings is 1. The molecule has 3 aliphatic heterocycles. The fourth-order valence-electron chi connectivity index (χ4n) is 3.13. The molecule has 1 unspecified atom stereocenters. The lowest BCUT2D eigenvalue weighted by Crippen LogP contribution is -2.50. The van der Waals surface area contributed by atoms with Gasteiger partial charge in [0.1, 0.15) is 5.69 Å². The Kier molecular flexibility index (Phi) is 1.68. The summed E-state index contributed by atoms with van der Waals surface area (Å²) in [6.45, 7) is 6.64. The quantitative estimate of drug-likeness (QED) is 0.679. The third-order valence-electron chi connectivity index (χ3n) is 3.83. The summed E-state index contributed by atoms with van der Waals surface area (Å²) >= 11 is 0. The van der Waals surface area contributed by atoms with Crippen LogP contribution in [0.15, 0.2) is 0 Å². The Labute approximate surface area is 94.9 Å². The Balaban J connectivity index is 2.23. The van der Waals surface area contributed by atoms with Crippen molar-refractivity contribution in [2.45, 2.75) is 26.2 Å². The summed E-state index contributed by atoms with van der Waals surface area (Å²) in [5.74, 6) is 1.28. The molecule has 5 nitrogen and oxygen atoms in total. The average molecular weight is 219 g/mol. The zero-order valence-electron chi connectivity index (χ0n) is 9.70. The summed E-state index contributed by atoms with van der Waals surface area (Å²) in [4.78, 5) is 10.7. The summed E-state index contributed by atoms with van der Waals surface area (Å²) in [5.41, 5.74) is 13.9. The van der Waals surface area contributed by atoms with E-state index in [2.05, 4.69) is 28.7 Å². The number of nitrogens with zero attached hydrogens (tertiary/aromatic N) is 3. The molecule has 1 saturated heterocycles. The van der Waals surface area contributed by atoms with Crippen molar-refractivity contribution < 1.29 is 0 Å². The van der Waals surface area contributed by atoms with Crippen molar-refractivity contribution in [3.05, 3.63) is 5.69 Å². The first-order chi connectivity index (χ1) is 7.49. The van der Waals surface area contributed by atoms with Gasteiger partial charge in [-0.1, -0.05) is 13.8 Å².